The minimum absolute atomic E-state index is 0.256. The Hall–Kier alpha value is -0.745. The minimum Gasteiger partial charge on any atom is -0.399 e. The summed E-state index contributed by atoms with van der Waals surface area (Å²) in [5.74, 6) is 1.67. The first kappa shape index (κ1) is 27.8. The van der Waals surface area contributed by atoms with Gasteiger partial charge in [-0.1, -0.05) is 43.7 Å². The van der Waals surface area contributed by atoms with Crippen LogP contribution < -0.4 is 0 Å². The molecule has 0 amide bonds. The van der Waals surface area contributed by atoms with Crippen molar-refractivity contribution < 1.29 is 20.4 Å². The molecule has 0 aromatic rings. The number of allylic oxidation sites excluding steroid dienone is 3. The maximum Gasteiger partial charge on any atom is 0.142 e. The summed E-state index contributed by atoms with van der Waals surface area (Å²) in [5, 5.41) is 41.5. The number of aliphatic hydroxyl groups is 4. The van der Waals surface area contributed by atoms with Crippen LogP contribution in [0.2, 0.25) is 5.21 Å². The van der Waals surface area contributed by atoms with Gasteiger partial charge in [0, 0.05) is 5.50 Å². The Bertz CT molecular complexity index is 841. The van der Waals surface area contributed by atoms with E-state index in [4.69, 9.17) is 0 Å². The van der Waals surface area contributed by atoms with Crippen molar-refractivity contribution in [1.82, 2.24) is 0 Å². The second-order valence-electron chi connectivity index (χ2n) is 13.3. The first-order chi connectivity index (χ1) is 15.5. The largest absolute Gasteiger partial charge is 0.399 e. The quantitative estimate of drug-likeness (QED) is 0.447. The van der Waals surface area contributed by atoms with Gasteiger partial charge in [-0.15, -0.1) is 0 Å². The molecule has 3 saturated carbocycles. The molecule has 3 aliphatic rings. The summed E-state index contributed by atoms with van der Waals surface area (Å²) in [7, 11) is 5.92. The molecule has 3 aliphatic carbocycles. The Morgan fingerprint density at radius 1 is 1.18 bits per heavy atom. The molecule has 0 saturated heterocycles. The number of hydrogen-bond donors (Lipinski definition) is 4. The SMILES string of the molecule is BC1(B)/C(=C/C=C2\CCC[C@]3(C)[C@@H]([C@H](C)CC[C@@H](O)C(C)(C)O)CC[C@@H]23)C(=C)[C@@H](O)C[C@]1(B)O. The summed E-state index contributed by atoms with van der Waals surface area (Å²) >= 11 is 0. The van der Waals surface area contributed by atoms with Crippen LogP contribution in [0.15, 0.2) is 35.5 Å². The Morgan fingerprint density at radius 2 is 1.82 bits per heavy atom. The molecule has 7 atom stereocenters. The molecule has 188 valence electrons. The van der Waals surface area contributed by atoms with Gasteiger partial charge in [0.1, 0.15) is 23.5 Å². The van der Waals surface area contributed by atoms with E-state index >= 15 is 0 Å². The van der Waals surface area contributed by atoms with Crippen LogP contribution in [-0.2, 0) is 0 Å². The maximum absolute atomic E-state index is 11.0. The Morgan fingerprint density at radius 3 is 2.44 bits per heavy atom. The van der Waals surface area contributed by atoms with E-state index in [2.05, 4.69) is 48.3 Å². The van der Waals surface area contributed by atoms with E-state index in [9.17, 15) is 20.4 Å². The van der Waals surface area contributed by atoms with Gasteiger partial charge in [0.25, 0.3) is 0 Å². The van der Waals surface area contributed by atoms with E-state index in [1.165, 1.54) is 31.3 Å². The summed E-state index contributed by atoms with van der Waals surface area (Å²) in [6.07, 6.45) is 10.8. The average molecular weight is 468 g/mol. The first-order valence-corrected chi connectivity index (χ1v) is 13.4. The summed E-state index contributed by atoms with van der Waals surface area (Å²) in [6, 6.07) is 0. The molecule has 34 heavy (non-hydrogen) atoms. The smallest absolute Gasteiger partial charge is 0.142 e. The highest BCUT2D eigenvalue weighted by molar-refractivity contribution is 6.47. The fraction of sp³-hybridized carbons (Fsp3) is 0.778. The Balaban J connectivity index is 1.81. The predicted molar refractivity (Wildman–Crippen MR) is 148 cm³/mol. The third-order valence-corrected chi connectivity index (χ3v) is 10.3. The molecular formula is C27H47B3O4. The van der Waals surface area contributed by atoms with Crippen LogP contribution in [0.25, 0.3) is 0 Å². The highest BCUT2D eigenvalue weighted by Gasteiger charge is 2.51. The van der Waals surface area contributed by atoms with Gasteiger partial charge in [-0.25, -0.2) is 0 Å². The first-order valence-electron chi connectivity index (χ1n) is 13.4. The van der Waals surface area contributed by atoms with Gasteiger partial charge < -0.3 is 20.4 Å². The zero-order valence-corrected chi connectivity index (χ0v) is 22.7. The van der Waals surface area contributed by atoms with E-state index in [0.717, 1.165) is 24.0 Å². The van der Waals surface area contributed by atoms with E-state index in [1.54, 1.807) is 13.8 Å². The van der Waals surface area contributed by atoms with Crippen LogP contribution in [0, 0.1) is 23.2 Å². The molecule has 0 aromatic carbocycles. The molecule has 3 rings (SSSR count). The molecular weight excluding hydrogens is 421 g/mol. The number of fused-ring (bicyclic) bond motifs is 1. The Kier molecular flexibility index (Phi) is 7.87. The summed E-state index contributed by atoms with van der Waals surface area (Å²) < 4.78 is 0. The van der Waals surface area contributed by atoms with E-state index in [0.29, 0.717) is 30.6 Å². The molecule has 7 heteroatoms. The van der Waals surface area contributed by atoms with Crippen molar-refractivity contribution >= 4 is 23.5 Å². The number of rotatable bonds is 6. The molecule has 0 heterocycles. The molecule has 0 unspecified atom stereocenters. The second-order valence-corrected chi connectivity index (χ2v) is 13.3. The summed E-state index contributed by atoms with van der Waals surface area (Å²) in [5.41, 5.74) is 1.41. The lowest BCUT2D eigenvalue weighted by molar-refractivity contribution is -0.0554. The highest BCUT2D eigenvalue weighted by Crippen LogP contribution is 2.60. The topological polar surface area (TPSA) is 80.9 Å². The van der Waals surface area contributed by atoms with Gasteiger partial charge in [0.05, 0.1) is 17.8 Å². The lowest BCUT2D eigenvalue weighted by Crippen LogP contribution is -2.52. The van der Waals surface area contributed by atoms with E-state index in [-0.39, 0.29) is 5.41 Å². The lowest BCUT2D eigenvalue weighted by atomic mass is 9.34. The molecule has 0 spiro atoms. The van der Waals surface area contributed by atoms with Crippen molar-refractivity contribution in [2.24, 2.45) is 23.2 Å². The van der Waals surface area contributed by atoms with Crippen molar-refractivity contribution in [3.63, 3.8) is 0 Å². The van der Waals surface area contributed by atoms with Crippen molar-refractivity contribution in [2.75, 3.05) is 0 Å². The Labute approximate surface area is 210 Å². The molecule has 4 N–H and O–H groups in total. The van der Waals surface area contributed by atoms with Gasteiger partial charge in [0.15, 0.2) is 0 Å². The monoisotopic (exact) mass is 468 g/mol. The molecule has 3 fully saturated rings. The van der Waals surface area contributed by atoms with Crippen molar-refractivity contribution in [2.45, 2.75) is 108 Å². The van der Waals surface area contributed by atoms with Gasteiger partial charge >= 0.3 is 0 Å². The molecule has 0 aromatic heterocycles. The zero-order valence-electron chi connectivity index (χ0n) is 22.7. The van der Waals surface area contributed by atoms with Crippen LogP contribution in [0.5, 0.6) is 0 Å². The van der Waals surface area contributed by atoms with E-state index < -0.39 is 28.5 Å². The second kappa shape index (κ2) is 9.61. The molecule has 0 aliphatic heterocycles. The zero-order chi connectivity index (χ0) is 25.7. The predicted octanol–water partition coefficient (Wildman–Crippen LogP) is 1.63. The van der Waals surface area contributed by atoms with Gasteiger partial charge in [-0.3, -0.25) is 0 Å². The highest BCUT2D eigenvalue weighted by atomic mass is 16.3. The number of hydrogen-bond acceptors (Lipinski definition) is 4. The average Bonchev–Trinajstić information content (AvgIpc) is 3.07. The van der Waals surface area contributed by atoms with Crippen LogP contribution in [0.1, 0.15) is 79.1 Å². The standard InChI is InChI=1S/C27H47B3O4/c1-16(8-13-23(32)24(3,4)33)19-11-12-21-18(7-6-14-25(19,21)5)9-10-20-17(2)22(31)15-26(28,34)27(20,29)30/h9-10,16,19,21-23,31-34H,2,6-8,11-15,28-30H2,1,3-5H3/b18-9+,20-10+/t16-,19-,21+,22+,23-,25-,26+/m1/s1. The van der Waals surface area contributed by atoms with Gasteiger partial charge in [0.2, 0.25) is 0 Å². The third-order valence-electron chi connectivity index (χ3n) is 10.3. The van der Waals surface area contributed by atoms with Crippen LogP contribution in [0.4, 0.5) is 0 Å². The normalized spacial score (nSPS) is 40.4. The number of aliphatic hydroxyl groups excluding tert-OH is 2. The van der Waals surface area contributed by atoms with Gasteiger partial charge in [-0.05, 0) is 99.2 Å². The molecule has 4 nitrogen and oxygen atoms in total. The lowest BCUT2D eigenvalue weighted by Gasteiger charge is -2.49. The van der Waals surface area contributed by atoms with Crippen molar-refractivity contribution in [3.05, 3.63) is 35.5 Å². The van der Waals surface area contributed by atoms with Crippen molar-refractivity contribution in [3.8, 4) is 0 Å². The summed E-state index contributed by atoms with van der Waals surface area (Å²) in [6.45, 7) is 12.3. The third kappa shape index (κ3) is 5.05. The van der Waals surface area contributed by atoms with Crippen molar-refractivity contribution in [1.29, 1.82) is 0 Å². The fourth-order valence-electron chi connectivity index (χ4n) is 7.32. The molecule has 0 radical (unpaired) electrons. The maximum atomic E-state index is 11.0. The van der Waals surface area contributed by atoms with Crippen LogP contribution in [-0.4, -0.2) is 67.3 Å². The minimum atomic E-state index is -1.05. The van der Waals surface area contributed by atoms with Crippen LogP contribution >= 0.6 is 0 Å². The van der Waals surface area contributed by atoms with Crippen LogP contribution in [0.3, 0.4) is 0 Å². The van der Waals surface area contributed by atoms with Gasteiger partial charge in [-0.2, -0.15) is 0 Å². The summed E-state index contributed by atoms with van der Waals surface area (Å²) in [4.78, 5) is 0. The molecule has 0 bridgehead atoms. The fourth-order valence-corrected chi connectivity index (χ4v) is 7.32. The van der Waals surface area contributed by atoms with E-state index in [1.807, 2.05) is 7.85 Å².